The van der Waals surface area contributed by atoms with Gasteiger partial charge in [0, 0.05) is 6.42 Å². The number of rotatable bonds is 0. The van der Waals surface area contributed by atoms with Crippen LogP contribution >= 0.6 is 0 Å². The van der Waals surface area contributed by atoms with Crippen LogP contribution in [0, 0.1) is 22.7 Å². The Morgan fingerprint density at radius 2 is 2.38 bits per heavy atom. The Morgan fingerprint density at radius 1 is 1.69 bits per heavy atom. The number of hydrogen-bond donors (Lipinski definition) is 0. The van der Waals surface area contributed by atoms with E-state index in [0.29, 0.717) is 18.8 Å². The lowest BCUT2D eigenvalue weighted by atomic mass is 9.67. The predicted molar refractivity (Wildman–Crippen MR) is 45.6 cm³/mol. The van der Waals surface area contributed by atoms with Crippen molar-refractivity contribution in [2.45, 2.75) is 38.7 Å². The summed E-state index contributed by atoms with van der Waals surface area (Å²) in [6.07, 6.45) is 2.16. The van der Waals surface area contributed by atoms with Gasteiger partial charge in [0.1, 0.15) is 5.60 Å². The van der Waals surface area contributed by atoms with E-state index in [1.807, 2.05) is 6.92 Å². The monoisotopic (exact) mass is 179 g/mol. The number of carbonyl (C=O) groups is 1. The molecule has 1 heterocycles. The maximum atomic E-state index is 11.5. The van der Waals surface area contributed by atoms with Gasteiger partial charge in [-0.2, -0.15) is 5.26 Å². The van der Waals surface area contributed by atoms with Crippen LogP contribution in [0.2, 0.25) is 0 Å². The van der Waals surface area contributed by atoms with Crippen LogP contribution in [-0.2, 0) is 9.53 Å². The Balaban J connectivity index is 2.40. The van der Waals surface area contributed by atoms with E-state index in [9.17, 15) is 4.79 Å². The van der Waals surface area contributed by atoms with Crippen molar-refractivity contribution >= 4 is 5.97 Å². The number of carbonyl (C=O) groups excluding carboxylic acids is 1. The Kier molecular flexibility index (Phi) is 1.48. The normalized spacial score (nSPS) is 48.4. The van der Waals surface area contributed by atoms with Gasteiger partial charge in [0.2, 0.25) is 0 Å². The number of nitriles is 1. The number of ether oxygens (including phenoxy) is 1. The lowest BCUT2D eigenvalue weighted by molar-refractivity contribution is -0.152. The van der Waals surface area contributed by atoms with Gasteiger partial charge in [-0.25, -0.2) is 0 Å². The molecule has 3 unspecified atom stereocenters. The minimum Gasteiger partial charge on any atom is -0.458 e. The Hall–Kier alpha value is -1.04. The highest BCUT2D eigenvalue weighted by atomic mass is 16.6. The average Bonchev–Trinajstić information content (AvgIpc) is 2.31. The minimum absolute atomic E-state index is 0.304. The summed E-state index contributed by atoms with van der Waals surface area (Å²) in [6, 6.07) is 2.13. The first-order valence-electron chi connectivity index (χ1n) is 4.67. The molecule has 2 aliphatic rings. The average molecular weight is 179 g/mol. The van der Waals surface area contributed by atoms with E-state index in [4.69, 9.17) is 10.00 Å². The molecule has 0 amide bonds. The molecule has 0 N–H and O–H groups in total. The molecule has 3 nitrogen and oxygen atoms in total. The van der Waals surface area contributed by atoms with Gasteiger partial charge < -0.3 is 4.74 Å². The van der Waals surface area contributed by atoms with Crippen LogP contribution in [0.15, 0.2) is 0 Å². The zero-order valence-electron chi connectivity index (χ0n) is 7.96. The molecule has 70 valence electrons. The molecular weight excluding hydrogens is 166 g/mol. The largest absolute Gasteiger partial charge is 0.458 e. The molecule has 0 spiro atoms. The maximum absolute atomic E-state index is 11.5. The Morgan fingerprint density at radius 3 is 3.00 bits per heavy atom. The Bertz CT molecular complexity index is 307. The van der Waals surface area contributed by atoms with Crippen LogP contribution in [-0.4, -0.2) is 11.6 Å². The first-order valence-corrected chi connectivity index (χ1v) is 4.67. The second kappa shape index (κ2) is 2.25. The first-order chi connectivity index (χ1) is 6.02. The molecule has 13 heavy (non-hydrogen) atoms. The second-order valence-electron chi connectivity index (χ2n) is 4.51. The number of fused-ring (bicyclic) bond motifs is 2. The van der Waals surface area contributed by atoms with E-state index in [1.165, 1.54) is 0 Å². The van der Waals surface area contributed by atoms with E-state index in [-0.39, 0.29) is 11.6 Å². The molecule has 3 atom stereocenters. The third-order valence-electron chi connectivity index (χ3n) is 3.63. The highest BCUT2D eigenvalue weighted by Crippen LogP contribution is 2.52. The van der Waals surface area contributed by atoms with E-state index >= 15 is 0 Å². The molecule has 0 radical (unpaired) electrons. The van der Waals surface area contributed by atoms with Gasteiger partial charge in [-0.3, -0.25) is 4.79 Å². The van der Waals surface area contributed by atoms with Crippen LogP contribution < -0.4 is 0 Å². The number of esters is 1. The summed E-state index contributed by atoms with van der Waals surface area (Å²) < 4.78 is 5.32. The SMILES string of the molecule is CC1CCC2(C#N)CC1(C)OC2=O. The Labute approximate surface area is 77.7 Å². The number of hydrogen-bond acceptors (Lipinski definition) is 3. The van der Waals surface area contributed by atoms with E-state index in [1.54, 1.807) is 0 Å². The summed E-state index contributed by atoms with van der Waals surface area (Å²) >= 11 is 0. The van der Waals surface area contributed by atoms with Crippen molar-refractivity contribution < 1.29 is 9.53 Å². The summed E-state index contributed by atoms with van der Waals surface area (Å²) in [4.78, 5) is 11.5. The van der Waals surface area contributed by atoms with E-state index in [2.05, 4.69) is 13.0 Å². The zero-order chi connectivity index (χ0) is 9.69. The van der Waals surface area contributed by atoms with Gasteiger partial charge >= 0.3 is 5.97 Å². The van der Waals surface area contributed by atoms with Gasteiger partial charge in [0.05, 0.1) is 6.07 Å². The van der Waals surface area contributed by atoms with Crippen molar-refractivity contribution in [2.75, 3.05) is 0 Å². The van der Waals surface area contributed by atoms with Gasteiger partial charge in [0.15, 0.2) is 5.41 Å². The fraction of sp³-hybridized carbons (Fsp3) is 0.800. The van der Waals surface area contributed by atoms with Crippen LogP contribution in [0.3, 0.4) is 0 Å². The van der Waals surface area contributed by atoms with Crippen molar-refractivity contribution in [3.63, 3.8) is 0 Å². The fourth-order valence-electron chi connectivity index (χ4n) is 2.39. The molecular formula is C10H13NO2. The third kappa shape index (κ3) is 0.918. The smallest absolute Gasteiger partial charge is 0.327 e. The maximum Gasteiger partial charge on any atom is 0.327 e. The standard InChI is InChI=1S/C10H13NO2/c1-7-3-4-10(6-11)5-9(7,2)13-8(10)12/h7H,3-5H2,1-2H3. The highest BCUT2D eigenvalue weighted by Gasteiger charge is 2.60. The van der Waals surface area contributed by atoms with Crippen molar-refractivity contribution in [1.29, 1.82) is 5.26 Å². The zero-order valence-corrected chi connectivity index (χ0v) is 7.96. The molecule has 3 heteroatoms. The molecule has 1 saturated heterocycles. The molecule has 1 aliphatic heterocycles. The quantitative estimate of drug-likeness (QED) is 0.531. The molecule has 0 aromatic carbocycles. The van der Waals surface area contributed by atoms with Gasteiger partial charge in [0.25, 0.3) is 0 Å². The molecule has 2 fully saturated rings. The van der Waals surface area contributed by atoms with Crippen LogP contribution in [0.5, 0.6) is 0 Å². The lowest BCUT2D eigenvalue weighted by Gasteiger charge is -2.34. The predicted octanol–water partition coefficient (Wildman–Crippen LogP) is 1.63. The summed E-state index contributed by atoms with van der Waals surface area (Å²) in [5, 5.41) is 8.99. The summed E-state index contributed by atoms with van der Waals surface area (Å²) in [5.74, 6) is 0.0716. The van der Waals surface area contributed by atoms with Crippen LogP contribution in [0.4, 0.5) is 0 Å². The molecule has 2 rings (SSSR count). The van der Waals surface area contributed by atoms with Gasteiger partial charge in [-0.05, 0) is 25.7 Å². The molecule has 0 aromatic rings. The first kappa shape index (κ1) is 8.55. The number of nitrogens with zero attached hydrogens (tertiary/aromatic N) is 1. The van der Waals surface area contributed by atoms with Crippen molar-refractivity contribution in [3.05, 3.63) is 0 Å². The highest BCUT2D eigenvalue weighted by molar-refractivity contribution is 5.83. The van der Waals surface area contributed by atoms with Crippen LogP contribution in [0.1, 0.15) is 33.1 Å². The lowest BCUT2D eigenvalue weighted by Crippen LogP contribution is -2.37. The van der Waals surface area contributed by atoms with Crippen molar-refractivity contribution in [1.82, 2.24) is 0 Å². The fourth-order valence-corrected chi connectivity index (χ4v) is 2.39. The van der Waals surface area contributed by atoms with Crippen molar-refractivity contribution in [2.24, 2.45) is 11.3 Å². The summed E-state index contributed by atoms with van der Waals surface area (Å²) in [6.45, 7) is 4.02. The third-order valence-corrected chi connectivity index (χ3v) is 3.63. The molecule has 0 aromatic heterocycles. The summed E-state index contributed by atoms with van der Waals surface area (Å²) in [7, 11) is 0. The molecule has 1 aliphatic carbocycles. The topological polar surface area (TPSA) is 50.1 Å². The van der Waals surface area contributed by atoms with E-state index in [0.717, 1.165) is 6.42 Å². The van der Waals surface area contributed by atoms with Gasteiger partial charge in [-0.1, -0.05) is 6.92 Å². The van der Waals surface area contributed by atoms with Gasteiger partial charge in [-0.15, -0.1) is 0 Å². The molecule has 1 saturated carbocycles. The minimum atomic E-state index is -0.818. The summed E-state index contributed by atoms with van der Waals surface area (Å²) in [5.41, 5.74) is -1.20. The van der Waals surface area contributed by atoms with Crippen molar-refractivity contribution in [3.8, 4) is 6.07 Å². The molecule has 2 bridgehead atoms. The second-order valence-corrected chi connectivity index (χ2v) is 4.51. The van der Waals surface area contributed by atoms with Crippen LogP contribution in [0.25, 0.3) is 0 Å². The van der Waals surface area contributed by atoms with E-state index < -0.39 is 5.41 Å².